The summed E-state index contributed by atoms with van der Waals surface area (Å²) in [5.74, 6) is 0.518. The number of benzene rings is 2. The van der Waals surface area contributed by atoms with Crippen molar-refractivity contribution in [3.63, 3.8) is 0 Å². The number of carbonyl (C=O) groups is 2. The highest BCUT2D eigenvalue weighted by atomic mass is 35.5. The summed E-state index contributed by atoms with van der Waals surface area (Å²) in [6.45, 7) is 1.83. The van der Waals surface area contributed by atoms with Crippen molar-refractivity contribution >= 4 is 45.8 Å². The van der Waals surface area contributed by atoms with Crippen molar-refractivity contribution in [2.24, 2.45) is 0 Å². The molecule has 3 aromatic rings. The molecule has 0 atom stereocenters. The number of amides is 1. The number of aromatic nitrogens is 1. The zero-order valence-corrected chi connectivity index (χ0v) is 18.5. The fourth-order valence-corrected chi connectivity index (χ4v) is 3.63. The Labute approximate surface area is 187 Å². The Morgan fingerprint density at radius 1 is 1.10 bits per heavy atom. The van der Waals surface area contributed by atoms with Gasteiger partial charge in [0.2, 0.25) is 11.0 Å². The number of halogens is 1. The van der Waals surface area contributed by atoms with Gasteiger partial charge in [-0.05, 0) is 31.2 Å². The van der Waals surface area contributed by atoms with Gasteiger partial charge in [0.1, 0.15) is 0 Å². The van der Waals surface area contributed by atoms with Crippen molar-refractivity contribution in [2.45, 2.75) is 6.92 Å². The molecule has 1 aromatic heterocycles. The molecule has 0 saturated heterocycles. The molecule has 0 spiro atoms. The number of nitrogens with zero attached hydrogens (tertiary/aromatic N) is 2. The molecule has 0 radical (unpaired) electrons. The molecule has 162 valence electrons. The van der Waals surface area contributed by atoms with Gasteiger partial charge in [0, 0.05) is 6.07 Å². The molecule has 0 fully saturated rings. The first-order valence-corrected chi connectivity index (χ1v) is 10.3. The third kappa shape index (κ3) is 5.07. The Kier molecular flexibility index (Phi) is 7.32. The van der Waals surface area contributed by atoms with Crippen molar-refractivity contribution in [1.29, 1.82) is 0 Å². The van der Waals surface area contributed by atoms with Crippen molar-refractivity contribution in [1.82, 2.24) is 4.98 Å². The van der Waals surface area contributed by atoms with Gasteiger partial charge in [0.05, 0.1) is 42.5 Å². The Morgan fingerprint density at radius 2 is 1.84 bits per heavy atom. The summed E-state index contributed by atoms with van der Waals surface area (Å²) in [5.41, 5.74) is 0.738. The quantitative estimate of drug-likeness (QED) is 0.438. The summed E-state index contributed by atoms with van der Waals surface area (Å²) >= 11 is 7.37. The molecular formula is C21H19ClN2O6S. The molecule has 0 aliphatic rings. The average Bonchev–Trinajstić information content (AvgIpc) is 3.21. The number of rotatable bonds is 7. The lowest BCUT2D eigenvalue weighted by molar-refractivity contribution is 0.0999. The normalized spacial score (nSPS) is 10.3. The third-order valence-corrected chi connectivity index (χ3v) is 5.18. The summed E-state index contributed by atoms with van der Waals surface area (Å²) in [7, 11) is 3.01. The van der Waals surface area contributed by atoms with Gasteiger partial charge in [0.25, 0.3) is 5.91 Å². The number of thiazole rings is 1. The van der Waals surface area contributed by atoms with E-state index in [1.165, 1.54) is 24.5 Å². The third-order valence-electron chi connectivity index (χ3n) is 4.05. The van der Waals surface area contributed by atoms with Gasteiger partial charge in [-0.1, -0.05) is 23.7 Å². The first-order valence-electron chi connectivity index (χ1n) is 9.09. The zero-order chi connectivity index (χ0) is 22.4. The fourth-order valence-electron chi connectivity index (χ4n) is 2.67. The predicted octanol–water partition coefficient (Wildman–Crippen LogP) is 5.33. The van der Waals surface area contributed by atoms with E-state index in [1.54, 1.807) is 49.4 Å². The number of methoxy groups -OCH3 is 2. The number of hydrogen-bond acceptors (Lipinski definition) is 8. The Morgan fingerprint density at radius 3 is 2.52 bits per heavy atom. The molecule has 8 nitrogen and oxygen atoms in total. The van der Waals surface area contributed by atoms with Gasteiger partial charge < -0.3 is 18.9 Å². The maximum atomic E-state index is 13.5. The van der Waals surface area contributed by atoms with Crippen LogP contribution >= 0.6 is 22.9 Å². The molecule has 31 heavy (non-hydrogen) atoms. The van der Waals surface area contributed by atoms with Crippen LogP contribution in [0.5, 0.6) is 17.4 Å². The maximum absolute atomic E-state index is 13.5. The minimum Gasteiger partial charge on any atom is -0.493 e. The van der Waals surface area contributed by atoms with E-state index in [-0.39, 0.29) is 28.2 Å². The van der Waals surface area contributed by atoms with Crippen molar-refractivity contribution in [2.75, 3.05) is 25.7 Å². The highest BCUT2D eigenvalue weighted by Gasteiger charge is 2.26. The topological polar surface area (TPSA) is 87.2 Å². The summed E-state index contributed by atoms with van der Waals surface area (Å²) in [4.78, 5) is 30.7. The highest BCUT2D eigenvalue weighted by Crippen LogP contribution is 2.38. The number of anilines is 2. The van der Waals surface area contributed by atoms with Crippen LogP contribution in [0.15, 0.2) is 47.8 Å². The van der Waals surface area contributed by atoms with Crippen molar-refractivity contribution in [3.8, 4) is 17.4 Å². The molecule has 1 amide bonds. The minimum atomic E-state index is -0.880. The number of carbonyl (C=O) groups excluding carboxylic acids is 2. The summed E-state index contributed by atoms with van der Waals surface area (Å²) < 4.78 is 20.4. The molecule has 2 aromatic carbocycles. The summed E-state index contributed by atoms with van der Waals surface area (Å²) in [6.07, 6.45) is -0.880. The van der Waals surface area contributed by atoms with Gasteiger partial charge >= 0.3 is 6.16 Å². The van der Waals surface area contributed by atoms with Crippen LogP contribution in [-0.2, 0) is 4.74 Å². The van der Waals surface area contributed by atoms with Gasteiger partial charge in [-0.25, -0.2) is 4.79 Å². The van der Waals surface area contributed by atoms with Crippen LogP contribution in [0.4, 0.5) is 15.6 Å². The van der Waals surface area contributed by atoms with Crippen molar-refractivity contribution < 1.29 is 28.5 Å². The smallest absolute Gasteiger partial charge is 0.493 e. The fraction of sp³-hybridized carbons (Fsp3) is 0.190. The largest absolute Gasteiger partial charge is 0.515 e. The molecule has 0 saturated carbocycles. The van der Waals surface area contributed by atoms with E-state index in [9.17, 15) is 9.59 Å². The Hall–Kier alpha value is -3.30. The molecule has 0 aliphatic heterocycles. The lowest BCUT2D eigenvalue weighted by Crippen LogP contribution is -2.26. The molecular weight excluding hydrogens is 444 g/mol. The number of ether oxygens (including phenoxy) is 4. The van der Waals surface area contributed by atoms with Gasteiger partial charge in [-0.2, -0.15) is 4.98 Å². The number of hydrogen-bond donors (Lipinski definition) is 0. The lowest BCUT2D eigenvalue weighted by atomic mass is 10.1. The first kappa shape index (κ1) is 22.4. The van der Waals surface area contributed by atoms with Crippen LogP contribution in [0, 0.1) is 0 Å². The van der Waals surface area contributed by atoms with E-state index in [0.717, 1.165) is 11.3 Å². The standard InChI is InChI=1S/C21H19ClN2O6S/c1-4-29-21(26)30-18-12-31-20(23-18)24(19(25)14-7-5-6-8-15(14)22)13-9-10-16(27-2)17(11-13)28-3/h5-12H,4H2,1-3H3. The molecule has 3 rings (SSSR count). The average molecular weight is 463 g/mol. The SMILES string of the molecule is CCOC(=O)Oc1csc(N(C(=O)c2ccccc2Cl)c2ccc(OC)c(OC)c2)n1. The predicted molar refractivity (Wildman–Crippen MR) is 117 cm³/mol. The molecule has 1 heterocycles. The van der Waals surface area contributed by atoms with E-state index in [2.05, 4.69) is 4.98 Å². The van der Waals surface area contributed by atoms with Gasteiger partial charge in [-0.3, -0.25) is 9.69 Å². The van der Waals surface area contributed by atoms with E-state index < -0.39 is 12.1 Å². The van der Waals surface area contributed by atoms with E-state index >= 15 is 0 Å². The second kappa shape index (κ2) is 10.1. The molecule has 0 aliphatic carbocycles. The van der Waals surface area contributed by atoms with Crippen LogP contribution in [-0.4, -0.2) is 37.9 Å². The van der Waals surface area contributed by atoms with Crippen LogP contribution in [0.25, 0.3) is 0 Å². The van der Waals surface area contributed by atoms with E-state index in [0.29, 0.717) is 17.2 Å². The second-order valence-corrected chi connectivity index (χ2v) is 7.16. The maximum Gasteiger partial charge on any atom is 0.515 e. The monoisotopic (exact) mass is 462 g/mol. The Balaban J connectivity index is 2.05. The van der Waals surface area contributed by atoms with Gasteiger partial charge in [-0.15, -0.1) is 11.3 Å². The van der Waals surface area contributed by atoms with Gasteiger partial charge in [0.15, 0.2) is 11.5 Å². The highest BCUT2D eigenvalue weighted by molar-refractivity contribution is 7.14. The Bertz CT molecular complexity index is 1090. The van der Waals surface area contributed by atoms with Crippen LogP contribution in [0.1, 0.15) is 17.3 Å². The van der Waals surface area contributed by atoms with Crippen molar-refractivity contribution in [3.05, 3.63) is 58.4 Å². The molecule has 0 bridgehead atoms. The minimum absolute atomic E-state index is 0.0101. The lowest BCUT2D eigenvalue weighted by Gasteiger charge is -2.21. The van der Waals surface area contributed by atoms with E-state index in [1.807, 2.05) is 0 Å². The molecule has 0 unspecified atom stereocenters. The van der Waals surface area contributed by atoms with Crippen LogP contribution in [0.2, 0.25) is 5.02 Å². The van der Waals surface area contributed by atoms with Crippen LogP contribution < -0.4 is 19.1 Å². The summed E-state index contributed by atoms with van der Waals surface area (Å²) in [5, 5.41) is 2.05. The zero-order valence-electron chi connectivity index (χ0n) is 17.0. The second-order valence-electron chi connectivity index (χ2n) is 5.91. The van der Waals surface area contributed by atoms with Crippen LogP contribution in [0.3, 0.4) is 0 Å². The molecule has 0 N–H and O–H groups in total. The van der Waals surface area contributed by atoms with E-state index in [4.69, 9.17) is 30.5 Å². The summed E-state index contributed by atoms with van der Waals surface area (Å²) in [6, 6.07) is 11.7. The first-order chi connectivity index (χ1) is 15.0. The molecule has 10 heteroatoms.